The van der Waals surface area contributed by atoms with Crippen molar-refractivity contribution in [1.29, 1.82) is 0 Å². The fraction of sp³-hybridized carbons (Fsp3) is 0.214. The Labute approximate surface area is 213 Å². The van der Waals surface area contributed by atoms with Crippen molar-refractivity contribution >= 4 is 40.1 Å². The van der Waals surface area contributed by atoms with E-state index < -0.39 is 5.97 Å². The molecule has 36 heavy (non-hydrogen) atoms. The molecule has 3 aromatic carbocycles. The molecule has 7 nitrogen and oxygen atoms in total. The Kier molecular flexibility index (Phi) is 6.33. The zero-order valence-electron chi connectivity index (χ0n) is 19.9. The Balaban J connectivity index is 1.29. The summed E-state index contributed by atoms with van der Waals surface area (Å²) in [6.07, 6.45) is -0.250. The molecule has 4 aromatic rings. The Morgan fingerprint density at radius 3 is 2.64 bits per heavy atom. The first-order chi connectivity index (χ1) is 17.3. The zero-order chi connectivity index (χ0) is 25.4. The number of hydrogen-bond acceptors (Lipinski definition) is 5. The van der Waals surface area contributed by atoms with Gasteiger partial charge in [0.05, 0.1) is 24.2 Å². The summed E-state index contributed by atoms with van der Waals surface area (Å²) in [6.45, 7) is 2.86. The standard InChI is InChI=1S/C28H25ClN2O5/c1-17-12-23-19(13-27(32)33)4-3-5-24(23)31(17)28(34)18-6-9-21(10-7-18)35-16-22-15-30(2)25-14-20(29)8-11-26(25)36-22/h3-12,14,22H,13,15-16H2,1-2H3,(H,32,33). The SMILES string of the molecule is Cc1cc2c(CC(=O)O)cccc2n1C(=O)c1ccc(OCC2CN(C)c3cc(Cl)ccc3O2)cc1. The number of rotatable bonds is 6. The number of carboxylic acids is 1. The van der Waals surface area contributed by atoms with Crippen molar-refractivity contribution in [3.63, 3.8) is 0 Å². The second kappa shape index (κ2) is 9.59. The first-order valence-corrected chi connectivity index (χ1v) is 11.9. The van der Waals surface area contributed by atoms with Crippen LogP contribution in [0.3, 0.4) is 0 Å². The maximum absolute atomic E-state index is 13.3. The second-order valence-corrected chi connectivity index (χ2v) is 9.35. The van der Waals surface area contributed by atoms with E-state index in [-0.39, 0.29) is 18.4 Å². The van der Waals surface area contributed by atoms with E-state index in [1.807, 2.05) is 38.2 Å². The molecule has 1 aliphatic heterocycles. The van der Waals surface area contributed by atoms with Gasteiger partial charge in [-0.15, -0.1) is 0 Å². The summed E-state index contributed by atoms with van der Waals surface area (Å²) < 4.78 is 13.6. The molecule has 1 atom stereocenters. The van der Waals surface area contributed by atoms with E-state index in [0.717, 1.165) is 22.5 Å². The number of ether oxygens (including phenoxy) is 2. The van der Waals surface area contributed by atoms with Crippen LogP contribution in [0.2, 0.25) is 5.02 Å². The molecule has 1 unspecified atom stereocenters. The molecule has 5 rings (SSSR count). The van der Waals surface area contributed by atoms with E-state index in [4.69, 9.17) is 21.1 Å². The average Bonchev–Trinajstić information content (AvgIpc) is 3.19. The molecular weight excluding hydrogens is 480 g/mol. The van der Waals surface area contributed by atoms with E-state index in [9.17, 15) is 14.7 Å². The minimum Gasteiger partial charge on any atom is -0.490 e. The summed E-state index contributed by atoms with van der Waals surface area (Å²) in [5.41, 5.74) is 3.57. The van der Waals surface area contributed by atoms with Gasteiger partial charge in [0, 0.05) is 28.7 Å². The highest BCUT2D eigenvalue weighted by Crippen LogP contribution is 2.35. The van der Waals surface area contributed by atoms with Gasteiger partial charge in [0.1, 0.15) is 24.2 Å². The highest BCUT2D eigenvalue weighted by Gasteiger charge is 2.24. The van der Waals surface area contributed by atoms with Gasteiger partial charge in [0.15, 0.2) is 0 Å². The third kappa shape index (κ3) is 4.62. The van der Waals surface area contributed by atoms with Gasteiger partial charge < -0.3 is 19.5 Å². The number of aryl methyl sites for hydroxylation is 1. The molecule has 184 valence electrons. The quantitative estimate of drug-likeness (QED) is 0.389. The van der Waals surface area contributed by atoms with Crippen LogP contribution in [0.4, 0.5) is 5.69 Å². The number of likely N-dealkylation sites (N-methyl/N-ethyl adjacent to an activating group) is 1. The van der Waals surface area contributed by atoms with Crippen molar-refractivity contribution in [2.75, 3.05) is 25.1 Å². The lowest BCUT2D eigenvalue weighted by molar-refractivity contribution is -0.136. The summed E-state index contributed by atoms with van der Waals surface area (Å²) in [7, 11) is 1.99. The molecule has 0 aliphatic carbocycles. The molecule has 8 heteroatoms. The number of carbonyl (C=O) groups excluding carboxylic acids is 1. The van der Waals surface area contributed by atoms with Gasteiger partial charge in [0.2, 0.25) is 0 Å². The second-order valence-electron chi connectivity index (χ2n) is 8.91. The maximum atomic E-state index is 13.3. The first kappa shape index (κ1) is 23.8. The number of carboxylic acid groups (broad SMARTS) is 1. The van der Waals surface area contributed by atoms with Crippen LogP contribution in [-0.4, -0.2) is 47.9 Å². The fourth-order valence-corrected chi connectivity index (χ4v) is 4.79. The molecule has 0 radical (unpaired) electrons. The van der Waals surface area contributed by atoms with Crippen LogP contribution in [0.25, 0.3) is 10.9 Å². The predicted molar refractivity (Wildman–Crippen MR) is 139 cm³/mol. The van der Waals surface area contributed by atoms with Crippen LogP contribution in [0, 0.1) is 6.92 Å². The lowest BCUT2D eigenvalue weighted by Gasteiger charge is -2.33. The Hall–Kier alpha value is -3.97. The Morgan fingerprint density at radius 2 is 1.89 bits per heavy atom. The van der Waals surface area contributed by atoms with E-state index in [0.29, 0.717) is 40.6 Å². The minimum absolute atomic E-state index is 0.0964. The van der Waals surface area contributed by atoms with Gasteiger partial charge in [0.25, 0.3) is 5.91 Å². The number of fused-ring (bicyclic) bond motifs is 2. The van der Waals surface area contributed by atoms with Crippen LogP contribution in [0.15, 0.2) is 66.7 Å². The number of carbonyl (C=O) groups is 2. The van der Waals surface area contributed by atoms with Crippen molar-refractivity contribution in [3.05, 3.63) is 88.6 Å². The van der Waals surface area contributed by atoms with E-state index in [1.54, 1.807) is 47.0 Å². The predicted octanol–water partition coefficient (Wildman–Crippen LogP) is 5.19. The molecule has 2 heterocycles. The molecule has 0 fully saturated rings. The average molecular weight is 505 g/mol. The summed E-state index contributed by atoms with van der Waals surface area (Å²) in [6, 6.07) is 19.8. The number of hydrogen-bond donors (Lipinski definition) is 1. The van der Waals surface area contributed by atoms with Gasteiger partial charge in [-0.2, -0.15) is 0 Å². The number of aromatic nitrogens is 1. The smallest absolute Gasteiger partial charge is 0.307 e. The van der Waals surface area contributed by atoms with Crippen molar-refractivity contribution < 1.29 is 24.2 Å². The van der Waals surface area contributed by atoms with Crippen LogP contribution < -0.4 is 14.4 Å². The third-order valence-corrected chi connectivity index (χ3v) is 6.54. The van der Waals surface area contributed by atoms with Crippen LogP contribution in [0.1, 0.15) is 21.6 Å². The van der Waals surface area contributed by atoms with Crippen LogP contribution in [-0.2, 0) is 11.2 Å². The summed E-state index contributed by atoms with van der Waals surface area (Å²) in [5.74, 6) is 0.309. The van der Waals surface area contributed by atoms with E-state index in [1.165, 1.54) is 0 Å². The topological polar surface area (TPSA) is 81.0 Å². The lowest BCUT2D eigenvalue weighted by atomic mass is 10.1. The molecule has 1 N–H and O–H groups in total. The fourth-order valence-electron chi connectivity index (χ4n) is 4.62. The summed E-state index contributed by atoms with van der Waals surface area (Å²) >= 11 is 6.10. The number of aliphatic carboxylic acids is 1. The number of anilines is 1. The highest BCUT2D eigenvalue weighted by molar-refractivity contribution is 6.31. The van der Waals surface area contributed by atoms with Crippen molar-refractivity contribution in [2.24, 2.45) is 0 Å². The van der Waals surface area contributed by atoms with Gasteiger partial charge in [-0.05, 0) is 67.1 Å². The number of nitrogens with zero attached hydrogens (tertiary/aromatic N) is 2. The van der Waals surface area contributed by atoms with Crippen molar-refractivity contribution in [2.45, 2.75) is 19.4 Å². The number of halogens is 1. The normalized spacial score (nSPS) is 14.9. The van der Waals surface area contributed by atoms with Gasteiger partial charge in [-0.3, -0.25) is 14.2 Å². The molecule has 0 saturated carbocycles. The van der Waals surface area contributed by atoms with Crippen LogP contribution >= 0.6 is 11.6 Å². The van der Waals surface area contributed by atoms with Gasteiger partial charge in [-0.25, -0.2) is 0 Å². The summed E-state index contributed by atoms with van der Waals surface area (Å²) in [4.78, 5) is 26.7. The minimum atomic E-state index is -0.909. The molecule has 0 saturated heterocycles. The molecule has 1 aliphatic rings. The summed E-state index contributed by atoms with van der Waals surface area (Å²) in [5, 5.41) is 10.6. The third-order valence-electron chi connectivity index (χ3n) is 6.31. The van der Waals surface area contributed by atoms with Gasteiger partial charge in [-0.1, -0.05) is 23.7 Å². The molecule has 1 aromatic heterocycles. The van der Waals surface area contributed by atoms with E-state index >= 15 is 0 Å². The highest BCUT2D eigenvalue weighted by atomic mass is 35.5. The molecule has 0 amide bonds. The number of benzene rings is 3. The molecular formula is C28H25ClN2O5. The van der Waals surface area contributed by atoms with Crippen molar-refractivity contribution in [1.82, 2.24) is 4.57 Å². The Bertz CT molecular complexity index is 1460. The van der Waals surface area contributed by atoms with Gasteiger partial charge >= 0.3 is 5.97 Å². The lowest BCUT2D eigenvalue weighted by Crippen LogP contribution is -2.41. The first-order valence-electron chi connectivity index (χ1n) is 11.6. The largest absolute Gasteiger partial charge is 0.490 e. The zero-order valence-corrected chi connectivity index (χ0v) is 20.7. The van der Waals surface area contributed by atoms with E-state index in [2.05, 4.69) is 4.90 Å². The van der Waals surface area contributed by atoms with Crippen molar-refractivity contribution in [3.8, 4) is 11.5 Å². The monoisotopic (exact) mass is 504 g/mol. The maximum Gasteiger partial charge on any atom is 0.307 e. The Morgan fingerprint density at radius 1 is 1.11 bits per heavy atom. The molecule has 0 spiro atoms. The molecule has 0 bridgehead atoms. The van der Waals surface area contributed by atoms with Crippen LogP contribution in [0.5, 0.6) is 11.5 Å².